The third-order valence-electron chi connectivity index (χ3n) is 3.76. The quantitative estimate of drug-likeness (QED) is 0.707. The van der Waals surface area contributed by atoms with E-state index in [-0.39, 0.29) is 11.8 Å². The van der Waals surface area contributed by atoms with Crippen LogP contribution >= 0.6 is 0 Å². The Morgan fingerprint density at radius 1 is 1.39 bits per heavy atom. The summed E-state index contributed by atoms with van der Waals surface area (Å²) in [5.74, 6) is 0.776. The highest BCUT2D eigenvalue weighted by atomic mass is 32.2. The maximum atomic E-state index is 11.8. The molecule has 0 spiro atoms. The molecule has 2 rings (SSSR count). The molecule has 5 nitrogen and oxygen atoms in total. The van der Waals surface area contributed by atoms with Gasteiger partial charge in [-0.3, -0.25) is 4.90 Å². The van der Waals surface area contributed by atoms with Crippen LogP contribution in [0.15, 0.2) is 11.3 Å². The molecule has 0 N–H and O–H groups in total. The Morgan fingerprint density at radius 2 is 2.06 bits per heavy atom. The molecule has 0 bridgehead atoms. The van der Waals surface area contributed by atoms with Crippen LogP contribution in [-0.4, -0.2) is 63.2 Å². The van der Waals surface area contributed by atoms with E-state index in [1.54, 1.807) is 0 Å². The van der Waals surface area contributed by atoms with Crippen molar-refractivity contribution in [2.75, 3.05) is 39.0 Å². The van der Waals surface area contributed by atoms with E-state index >= 15 is 0 Å². The smallest absolute Gasteiger partial charge is 0.310 e. The second-order valence-corrected chi connectivity index (χ2v) is 6.60. The van der Waals surface area contributed by atoms with Crippen LogP contribution in [-0.2, 0) is 14.3 Å². The Morgan fingerprint density at radius 3 is 2.67 bits per heavy atom. The highest BCUT2D eigenvalue weighted by Crippen LogP contribution is 2.30. The molecule has 1 atom stereocenters. The molecule has 18 heavy (non-hydrogen) atoms. The van der Waals surface area contributed by atoms with E-state index in [9.17, 15) is 8.42 Å². The Hall–Kier alpha value is -0.590. The predicted molar refractivity (Wildman–Crippen MR) is 70.7 cm³/mol. The molecule has 0 aromatic carbocycles. The maximum absolute atomic E-state index is 11.8. The molecule has 2 aliphatic heterocycles. The van der Waals surface area contributed by atoms with E-state index in [1.807, 2.05) is 0 Å². The molecule has 6 heteroatoms. The highest BCUT2D eigenvalue weighted by molar-refractivity contribution is 7.86. The van der Waals surface area contributed by atoms with Crippen molar-refractivity contribution in [3.63, 3.8) is 0 Å². The monoisotopic (exact) mass is 274 g/mol. The van der Waals surface area contributed by atoms with Crippen molar-refractivity contribution in [2.45, 2.75) is 26.3 Å². The predicted octanol–water partition coefficient (Wildman–Crippen LogP) is 0.646. The van der Waals surface area contributed by atoms with Gasteiger partial charge in [0.1, 0.15) is 11.5 Å². The fourth-order valence-corrected chi connectivity index (χ4v) is 4.13. The summed E-state index contributed by atoms with van der Waals surface area (Å²) in [6.45, 7) is 7.52. The van der Waals surface area contributed by atoms with Gasteiger partial charge in [0.15, 0.2) is 0 Å². The van der Waals surface area contributed by atoms with Crippen LogP contribution in [0.5, 0.6) is 0 Å². The minimum atomic E-state index is -3.40. The van der Waals surface area contributed by atoms with Gasteiger partial charge in [-0.05, 0) is 20.1 Å². The van der Waals surface area contributed by atoms with E-state index in [4.69, 9.17) is 4.18 Å². The summed E-state index contributed by atoms with van der Waals surface area (Å²) < 4.78 is 28.9. The lowest BCUT2D eigenvalue weighted by Gasteiger charge is -2.39. The van der Waals surface area contributed by atoms with Crippen LogP contribution in [0.4, 0.5) is 0 Å². The first kappa shape index (κ1) is 13.8. The first-order valence-corrected chi connectivity index (χ1v) is 8.11. The molecule has 0 saturated carbocycles. The summed E-state index contributed by atoms with van der Waals surface area (Å²) in [5, 5.41) is 0. The van der Waals surface area contributed by atoms with Crippen molar-refractivity contribution in [2.24, 2.45) is 0 Å². The lowest BCUT2D eigenvalue weighted by Crippen LogP contribution is -2.48. The fourth-order valence-electron chi connectivity index (χ4n) is 2.77. The third-order valence-corrected chi connectivity index (χ3v) is 4.94. The van der Waals surface area contributed by atoms with Gasteiger partial charge in [-0.15, -0.1) is 0 Å². The van der Waals surface area contributed by atoms with Gasteiger partial charge in [0, 0.05) is 25.1 Å². The zero-order valence-electron chi connectivity index (χ0n) is 11.3. The molecule has 0 radical (unpaired) electrons. The second kappa shape index (κ2) is 5.19. The van der Waals surface area contributed by atoms with Gasteiger partial charge in [0.05, 0.1) is 6.04 Å². The summed E-state index contributed by atoms with van der Waals surface area (Å²) in [6.07, 6.45) is 0.697. The van der Waals surface area contributed by atoms with Crippen molar-refractivity contribution in [1.29, 1.82) is 0 Å². The molecule has 2 aliphatic rings. The maximum Gasteiger partial charge on any atom is 0.310 e. The summed E-state index contributed by atoms with van der Waals surface area (Å²) in [7, 11) is -1.34. The highest BCUT2D eigenvalue weighted by Gasteiger charge is 2.37. The normalized spacial score (nSPS) is 28.1. The molecule has 0 aromatic heterocycles. The molecule has 0 amide bonds. The zero-order valence-corrected chi connectivity index (χ0v) is 12.2. The van der Waals surface area contributed by atoms with Crippen LogP contribution in [0.2, 0.25) is 0 Å². The first-order valence-electron chi connectivity index (χ1n) is 6.53. The lowest BCUT2D eigenvalue weighted by molar-refractivity contribution is 0.203. The van der Waals surface area contributed by atoms with Crippen LogP contribution in [0, 0.1) is 0 Å². The third kappa shape index (κ3) is 2.70. The van der Waals surface area contributed by atoms with E-state index in [2.05, 4.69) is 30.7 Å². The minimum Gasteiger partial charge on any atom is -0.387 e. The molecule has 1 unspecified atom stereocenters. The topological polar surface area (TPSA) is 49.9 Å². The van der Waals surface area contributed by atoms with Gasteiger partial charge in [-0.1, -0.05) is 13.8 Å². The molecular weight excluding hydrogens is 252 g/mol. The number of hydrogen-bond donors (Lipinski definition) is 0. The Balaban J connectivity index is 2.36. The number of nitrogens with zero attached hydrogens (tertiary/aromatic N) is 2. The second-order valence-electron chi connectivity index (χ2n) is 4.98. The number of hydrogen-bond acceptors (Lipinski definition) is 5. The van der Waals surface area contributed by atoms with Gasteiger partial charge in [0.25, 0.3) is 0 Å². The van der Waals surface area contributed by atoms with E-state index in [0.717, 1.165) is 31.8 Å². The molecule has 104 valence electrons. The molecule has 0 aromatic rings. The summed E-state index contributed by atoms with van der Waals surface area (Å²) >= 11 is 0. The summed E-state index contributed by atoms with van der Waals surface area (Å²) in [4.78, 5) is 4.42. The Labute approximate surface area is 110 Å². The van der Waals surface area contributed by atoms with E-state index in [1.165, 1.54) is 0 Å². The van der Waals surface area contributed by atoms with Crippen LogP contribution < -0.4 is 0 Å². The molecule has 0 aliphatic carbocycles. The van der Waals surface area contributed by atoms with E-state index < -0.39 is 10.1 Å². The van der Waals surface area contributed by atoms with Crippen molar-refractivity contribution < 1.29 is 12.6 Å². The largest absolute Gasteiger partial charge is 0.387 e. The van der Waals surface area contributed by atoms with Gasteiger partial charge < -0.3 is 9.08 Å². The standard InChI is InChI=1S/C12H22N2O3S/c1-4-14(5-2)11-9-18(15,16)17-12-6-7-13(3)8-10(11)12/h11H,4-9H2,1-3H3. The summed E-state index contributed by atoms with van der Waals surface area (Å²) in [6, 6.07) is -0.0171. The van der Waals surface area contributed by atoms with Gasteiger partial charge in [-0.25, -0.2) is 0 Å². The van der Waals surface area contributed by atoms with Crippen molar-refractivity contribution in [3.05, 3.63) is 11.3 Å². The van der Waals surface area contributed by atoms with E-state index in [0.29, 0.717) is 12.2 Å². The number of likely N-dealkylation sites (N-methyl/N-ethyl adjacent to an activating group) is 2. The van der Waals surface area contributed by atoms with Crippen LogP contribution in [0.3, 0.4) is 0 Å². The molecular formula is C12H22N2O3S. The van der Waals surface area contributed by atoms with Gasteiger partial charge in [0.2, 0.25) is 0 Å². The average molecular weight is 274 g/mol. The van der Waals surface area contributed by atoms with Gasteiger partial charge >= 0.3 is 10.1 Å². The van der Waals surface area contributed by atoms with Crippen molar-refractivity contribution >= 4 is 10.1 Å². The Kier molecular flexibility index (Phi) is 3.99. The average Bonchev–Trinajstić information content (AvgIpc) is 2.30. The molecule has 0 fully saturated rings. The molecule has 2 heterocycles. The SMILES string of the molecule is CCN(CC)C1CS(=O)(=O)OC2=C1CN(C)CC2. The van der Waals surface area contributed by atoms with Crippen LogP contribution in [0.1, 0.15) is 20.3 Å². The van der Waals surface area contributed by atoms with Crippen LogP contribution in [0.25, 0.3) is 0 Å². The van der Waals surface area contributed by atoms with Gasteiger partial charge in [-0.2, -0.15) is 8.42 Å². The summed E-state index contributed by atoms with van der Waals surface area (Å²) in [5.41, 5.74) is 1.15. The molecule has 0 saturated heterocycles. The fraction of sp³-hybridized carbons (Fsp3) is 0.833. The zero-order chi connectivity index (χ0) is 13.3. The minimum absolute atomic E-state index is 0.0171. The van der Waals surface area contributed by atoms with Crippen molar-refractivity contribution in [1.82, 2.24) is 9.80 Å². The first-order chi connectivity index (χ1) is 8.46. The van der Waals surface area contributed by atoms with Crippen molar-refractivity contribution in [3.8, 4) is 0 Å². The Bertz CT molecular complexity index is 440. The number of rotatable bonds is 3. The lowest BCUT2D eigenvalue weighted by atomic mass is 10.00.